The van der Waals surface area contributed by atoms with Gasteiger partial charge in [0.15, 0.2) is 10.3 Å². The van der Waals surface area contributed by atoms with Gasteiger partial charge in [-0.3, -0.25) is 4.79 Å². The SMILES string of the molecule is Cc1cc(OC2CCN(C)CC2)ccc1N=C1NC(=O)C(=Cc2cnc(NC3CC3)s2)S1. The molecule has 2 saturated heterocycles. The molecule has 3 heterocycles. The van der Waals surface area contributed by atoms with Crippen LogP contribution in [0.15, 0.2) is 34.3 Å². The molecule has 5 rings (SSSR count). The number of nitrogens with one attached hydrogen (secondary N) is 2. The summed E-state index contributed by atoms with van der Waals surface area (Å²) in [5, 5.41) is 7.76. The zero-order chi connectivity index (χ0) is 22.1. The molecule has 0 radical (unpaired) electrons. The maximum absolute atomic E-state index is 12.4. The van der Waals surface area contributed by atoms with Crippen LogP contribution in [0.1, 0.15) is 36.1 Å². The number of nitrogens with zero attached hydrogens (tertiary/aromatic N) is 3. The number of aromatic nitrogens is 1. The highest BCUT2D eigenvalue weighted by Crippen LogP contribution is 2.33. The summed E-state index contributed by atoms with van der Waals surface area (Å²) in [5.74, 6) is 0.754. The Balaban J connectivity index is 1.23. The van der Waals surface area contributed by atoms with Crippen LogP contribution in [0.3, 0.4) is 0 Å². The van der Waals surface area contributed by atoms with E-state index in [4.69, 9.17) is 4.74 Å². The van der Waals surface area contributed by atoms with E-state index in [2.05, 4.69) is 32.6 Å². The van der Waals surface area contributed by atoms with Crippen LogP contribution in [0.25, 0.3) is 6.08 Å². The first-order valence-electron chi connectivity index (χ1n) is 11.0. The lowest BCUT2D eigenvalue weighted by atomic mass is 10.1. The third kappa shape index (κ3) is 5.33. The number of likely N-dealkylation sites (tertiary alicyclic amines) is 1. The molecule has 2 aromatic rings. The highest BCUT2D eigenvalue weighted by Gasteiger charge is 2.25. The number of amidine groups is 1. The van der Waals surface area contributed by atoms with Crippen molar-refractivity contribution in [1.82, 2.24) is 15.2 Å². The number of ether oxygens (including phenoxy) is 1. The van der Waals surface area contributed by atoms with Gasteiger partial charge >= 0.3 is 0 Å². The number of hydrogen-bond donors (Lipinski definition) is 2. The van der Waals surface area contributed by atoms with Gasteiger partial charge in [-0.25, -0.2) is 9.98 Å². The summed E-state index contributed by atoms with van der Waals surface area (Å²) in [6.45, 7) is 4.16. The Kier molecular flexibility index (Phi) is 6.21. The molecule has 0 atom stereocenters. The lowest BCUT2D eigenvalue weighted by Gasteiger charge is -2.29. The van der Waals surface area contributed by atoms with Crippen LogP contribution in [-0.4, -0.2) is 53.2 Å². The number of thiazole rings is 1. The summed E-state index contributed by atoms with van der Waals surface area (Å²) in [5.41, 5.74) is 1.85. The van der Waals surface area contributed by atoms with Crippen LogP contribution in [0.5, 0.6) is 5.75 Å². The minimum Gasteiger partial charge on any atom is -0.490 e. The highest BCUT2D eigenvalue weighted by atomic mass is 32.2. The minimum atomic E-state index is -0.126. The van der Waals surface area contributed by atoms with Gasteiger partial charge in [-0.15, -0.1) is 0 Å². The molecular weight excluding hydrogens is 442 g/mol. The number of carbonyl (C=O) groups excluding carboxylic acids is 1. The molecule has 7 nitrogen and oxygen atoms in total. The fourth-order valence-corrected chi connectivity index (χ4v) is 5.40. The molecule has 1 aromatic carbocycles. The second kappa shape index (κ2) is 9.25. The zero-order valence-electron chi connectivity index (χ0n) is 18.3. The fourth-order valence-electron chi connectivity index (χ4n) is 3.66. The Morgan fingerprint density at radius 1 is 1.28 bits per heavy atom. The molecule has 9 heteroatoms. The zero-order valence-corrected chi connectivity index (χ0v) is 19.9. The van der Waals surface area contributed by atoms with E-state index in [0.717, 1.165) is 52.9 Å². The van der Waals surface area contributed by atoms with Gasteiger partial charge in [-0.05, 0) is 81.3 Å². The lowest BCUT2D eigenvalue weighted by Crippen LogP contribution is -2.35. The first kappa shape index (κ1) is 21.5. The third-order valence-corrected chi connectivity index (χ3v) is 7.50. The Hall–Kier alpha value is -2.36. The predicted octanol–water partition coefficient (Wildman–Crippen LogP) is 4.39. The number of aliphatic imine (C=N–C) groups is 1. The van der Waals surface area contributed by atoms with Crippen molar-refractivity contribution in [1.29, 1.82) is 0 Å². The molecule has 2 aliphatic heterocycles. The molecule has 1 amide bonds. The summed E-state index contributed by atoms with van der Waals surface area (Å²) in [6, 6.07) is 6.52. The second-order valence-electron chi connectivity index (χ2n) is 8.54. The van der Waals surface area contributed by atoms with Crippen molar-refractivity contribution in [3.05, 3.63) is 39.7 Å². The summed E-state index contributed by atoms with van der Waals surface area (Å²) in [4.78, 5) is 25.4. The first-order chi connectivity index (χ1) is 15.5. The number of amides is 1. The summed E-state index contributed by atoms with van der Waals surface area (Å²) >= 11 is 2.92. The number of piperidine rings is 1. The normalized spacial score (nSPS) is 22.5. The molecule has 0 unspecified atom stereocenters. The van der Waals surface area contributed by atoms with Gasteiger partial charge in [-0.2, -0.15) is 0 Å². The van der Waals surface area contributed by atoms with Crippen molar-refractivity contribution in [2.24, 2.45) is 4.99 Å². The molecule has 32 heavy (non-hydrogen) atoms. The van der Waals surface area contributed by atoms with Gasteiger partial charge in [-0.1, -0.05) is 11.3 Å². The van der Waals surface area contributed by atoms with Crippen LogP contribution in [0, 0.1) is 6.92 Å². The van der Waals surface area contributed by atoms with Crippen LogP contribution in [0.2, 0.25) is 0 Å². The van der Waals surface area contributed by atoms with Crippen molar-refractivity contribution >= 4 is 51.1 Å². The van der Waals surface area contributed by atoms with Crippen molar-refractivity contribution in [3.8, 4) is 5.75 Å². The summed E-state index contributed by atoms with van der Waals surface area (Å²) < 4.78 is 6.17. The van der Waals surface area contributed by atoms with E-state index >= 15 is 0 Å². The molecule has 2 N–H and O–H groups in total. The van der Waals surface area contributed by atoms with Crippen molar-refractivity contribution in [3.63, 3.8) is 0 Å². The van der Waals surface area contributed by atoms with Crippen LogP contribution >= 0.6 is 23.1 Å². The monoisotopic (exact) mass is 469 g/mol. The van der Waals surface area contributed by atoms with Crippen LogP contribution in [-0.2, 0) is 4.79 Å². The van der Waals surface area contributed by atoms with Gasteiger partial charge in [0.05, 0.1) is 15.5 Å². The third-order valence-electron chi connectivity index (χ3n) is 5.71. The van der Waals surface area contributed by atoms with Gasteiger partial charge in [0.2, 0.25) is 0 Å². The molecule has 3 aliphatic rings. The molecule has 1 aromatic heterocycles. The fraction of sp³-hybridized carbons (Fsp3) is 0.435. The van der Waals surface area contributed by atoms with Gasteiger partial charge in [0.25, 0.3) is 5.91 Å². The topological polar surface area (TPSA) is 78.8 Å². The molecule has 0 bridgehead atoms. The van der Waals surface area contributed by atoms with E-state index in [-0.39, 0.29) is 12.0 Å². The second-order valence-corrected chi connectivity index (χ2v) is 10.6. The number of carbonyl (C=O) groups is 1. The van der Waals surface area contributed by atoms with Crippen molar-refractivity contribution < 1.29 is 9.53 Å². The van der Waals surface area contributed by atoms with E-state index < -0.39 is 0 Å². The lowest BCUT2D eigenvalue weighted by molar-refractivity contribution is -0.115. The number of anilines is 1. The largest absolute Gasteiger partial charge is 0.490 e. The molecular formula is C23H27N5O2S2. The quantitative estimate of drug-likeness (QED) is 0.611. The van der Waals surface area contributed by atoms with Gasteiger partial charge in [0.1, 0.15) is 11.9 Å². The van der Waals surface area contributed by atoms with Gasteiger partial charge in [0, 0.05) is 25.3 Å². The maximum atomic E-state index is 12.4. The van der Waals surface area contributed by atoms with Crippen molar-refractivity contribution in [2.45, 2.75) is 44.8 Å². The number of aryl methyl sites for hydroxylation is 1. The average molecular weight is 470 g/mol. The average Bonchev–Trinajstić information content (AvgIpc) is 3.36. The van der Waals surface area contributed by atoms with E-state index in [1.54, 1.807) is 17.5 Å². The van der Waals surface area contributed by atoms with Crippen molar-refractivity contribution in [2.75, 3.05) is 25.5 Å². The number of benzene rings is 1. The minimum absolute atomic E-state index is 0.126. The number of thioether (sulfide) groups is 1. The molecule has 1 aliphatic carbocycles. The standard InChI is InChI=1S/C23H27N5O2S2/c1-14-11-17(30-16-7-9-28(2)10-8-16)5-6-19(14)26-23-27-21(29)20(32-23)12-18-13-24-22(31-18)25-15-3-4-15/h5-6,11-13,15-16H,3-4,7-10H2,1-2H3,(H,24,25)(H,26,27,29). The maximum Gasteiger partial charge on any atom is 0.264 e. The molecule has 1 saturated carbocycles. The highest BCUT2D eigenvalue weighted by molar-refractivity contribution is 8.18. The summed E-state index contributed by atoms with van der Waals surface area (Å²) in [7, 11) is 2.15. The molecule has 168 valence electrons. The van der Waals surface area contributed by atoms with E-state index in [1.807, 2.05) is 31.2 Å². The molecule has 3 fully saturated rings. The van der Waals surface area contributed by atoms with Crippen LogP contribution < -0.4 is 15.4 Å². The number of hydrogen-bond acceptors (Lipinski definition) is 8. The van der Waals surface area contributed by atoms with E-state index in [9.17, 15) is 4.79 Å². The van der Waals surface area contributed by atoms with Crippen LogP contribution in [0.4, 0.5) is 10.8 Å². The Morgan fingerprint density at radius 2 is 2.09 bits per heavy atom. The number of rotatable bonds is 6. The summed E-state index contributed by atoms with van der Waals surface area (Å²) in [6.07, 6.45) is 8.47. The van der Waals surface area contributed by atoms with E-state index in [1.165, 1.54) is 24.6 Å². The Morgan fingerprint density at radius 3 is 2.84 bits per heavy atom. The molecule has 0 spiro atoms. The predicted molar refractivity (Wildman–Crippen MR) is 132 cm³/mol. The van der Waals surface area contributed by atoms with E-state index in [0.29, 0.717) is 16.1 Å². The van der Waals surface area contributed by atoms with Gasteiger partial charge < -0.3 is 20.3 Å². The Bertz CT molecular complexity index is 1070. The first-order valence-corrected chi connectivity index (χ1v) is 12.6. The smallest absolute Gasteiger partial charge is 0.264 e. The Labute approximate surface area is 196 Å².